The molecule has 4 rings (SSSR count). The van der Waals surface area contributed by atoms with Crippen molar-refractivity contribution in [3.05, 3.63) is 113 Å². The number of para-hydroxylation sites is 1. The van der Waals surface area contributed by atoms with Gasteiger partial charge in [0.25, 0.3) is 5.91 Å². The standard InChI is InChI=1S/C27H19ClF2N2O3/c1-16-14-24(35-23-13-6-5-10-18(23)17-8-3-2-4-9-17)19(28)15-22(16)31-27(34)32-26(33)25-20(29)11-7-12-21(25)30/h2-15H,1H3,(H2,31,32,33,34). The molecule has 4 aromatic carbocycles. The number of hydrogen-bond donors (Lipinski definition) is 2. The van der Waals surface area contributed by atoms with Gasteiger partial charge in [0.05, 0.1) is 5.02 Å². The highest BCUT2D eigenvalue weighted by atomic mass is 35.5. The Hall–Kier alpha value is -4.23. The van der Waals surface area contributed by atoms with Crippen molar-refractivity contribution in [3.8, 4) is 22.6 Å². The first-order valence-corrected chi connectivity index (χ1v) is 10.9. The summed E-state index contributed by atoms with van der Waals surface area (Å²) in [6, 6.07) is 22.3. The van der Waals surface area contributed by atoms with E-state index in [1.807, 2.05) is 59.9 Å². The quantitative estimate of drug-likeness (QED) is 0.306. The molecule has 0 aliphatic heterocycles. The molecule has 0 heterocycles. The number of carbonyl (C=O) groups is 2. The van der Waals surface area contributed by atoms with Gasteiger partial charge in [0.1, 0.15) is 28.7 Å². The van der Waals surface area contributed by atoms with E-state index in [4.69, 9.17) is 16.3 Å². The van der Waals surface area contributed by atoms with Crippen LogP contribution in [0.3, 0.4) is 0 Å². The Balaban J connectivity index is 1.51. The van der Waals surface area contributed by atoms with Gasteiger partial charge in [0.15, 0.2) is 0 Å². The average molecular weight is 493 g/mol. The fourth-order valence-electron chi connectivity index (χ4n) is 3.43. The maximum absolute atomic E-state index is 13.8. The summed E-state index contributed by atoms with van der Waals surface area (Å²) in [6.07, 6.45) is 0. The highest BCUT2D eigenvalue weighted by Crippen LogP contribution is 2.38. The van der Waals surface area contributed by atoms with Crippen molar-refractivity contribution in [1.82, 2.24) is 5.32 Å². The second-order valence-electron chi connectivity index (χ2n) is 7.57. The van der Waals surface area contributed by atoms with E-state index in [0.717, 1.165) is 29.3 Å². The van der Waals surface area contributed by atoms with Crippen LogP contribution in [-0.4, -0.2) is 11.9 Å². The summed E-state index contributed by atoms with van der Waals surface area (Å²) >= 11 is 6.41. The zero-order valence-electron chi connectivity index (χ0n) is 18.4. The first-order chi connectivity index (χ1) is 16.8. The summed E-state index contributed by atoms with van der Waals surface area (Å²) in [5, 5.41) is 4.58. The van der Waals surface area contributed by atoms with Crippen molar-refractivity contribution in [3.63, 3.8) is 0 Å². The molecule has 0 aliphatic rings. The fraction of sp³-hybridized carbons (Fsp3) is 0.0370. The first kappa shape index (κ1) is 23.9. The van der Waals surface area contributed by atoms with Gasteiger partial charge >= 0.3 is 6.03 Å². The van der Waals surface area contributed by atoms with Gasteiger partial charge in [-0.2, -0.15) is 0 Å². The molecule has 0 fully saturated rings. The van der Waals surface area contributed by atoms with E-state index in [1.54, 1.807) is 13.0 Å². The summed E-state index contributed by atoms with van der Waals surface area (Å²) in [5.41, 5.74) is 1.88. The predicted molar refractivity (Wildman–Crippen MR) is 131 cm³/mol. The molecule has 0 saturated carbocycles. The van der Waals surface area contributed by atoms with Crippen LogP contribution in [-0.2, 0) is 0 Å². The molecule has 0 saturated heterocycles. The third-order valence-electron chi connectivity index (χ3n) is 5.14. The Morgan fingerprint density at radius 3 is 2.20 bits per heavy atom. The zero-order valence-corrected chi connectivity index (χ0v) is 19.2. The molecule has 8 heteroatoms. The number of nitrogens with one attached hydrogen (secondary N) is 2. The number of ether oxygens (including phenoxy) is 1. The van der Waals surface area contributed by atoms with Gasteiger partial charge in [-0.1, -0.05) is 66.2 Å². The van der Waals surface area contributed by atoms with Gasteiger partial charge in [-0.15, -0.1) is 0 Å². The highest BCUT2D eigenvalue weighted by Gasteiger charge is 2.20. The van der Waals surface area contributed by atoms with Crippen molar-refractivity contribution in [1.29, 1.82) is 0 Å². The molecule has 0 atom stereocenters. The van der Waals surface area contributed by atoms with Crippen molar-refractivity contribution in [2.45, 2.75) is 6.92 Å². The van der Waals surface area contributed by atoms with Crippen LogP contribution in [0.15, 0.2) is 84.9 Å². The lowest BCUT2D eigenvalue weighted by molar-refractivity contribution is 0.0959. The molecular formula is C27H19ClF2N2O3. The van der Waals surface area contributed by atoms with Crippen LogP contribution in [0.4, 0.5) is 19.3 Å². The van der Waals surface area contributed by atoms with E-state index in [-0.39, 0.29) is 10.7 Å². The second kappa shape index (κ2) is 10.4. The van der Waals surface area contributed by atoms with Gasteiger partial charge in [-0.3, -0.25) is 10.1 Å². The normalized spacial score (nSPS) is 10.5. The summed E-state index contributed by atoms with van der Waals surface area (Å²) in [6.45, 7) is 1.71. The number of anilines is 1. The molecule has 0 spiro atoms. The fourth-order valence-corrected chi connectivity index (χ4v) is 3.63. The maximum atomic E-state index is 13.8. The topological polar surface area (TPSA) is 67.4 Å². The number of carbonyl (C=O) groups excluding carboxylic acids is 2. The molecule has 5 nitrogen and oxygen atoms in total. The largest absolute Gasteiger partial charge is 0.455 e. The summed E-state index contributed by atoms with van der Waals surface area (Å²) < 4.78 is 33.7. The molecule has 176 valence electrons. The van der Waals surface area contributed by atoms with Crippen LogP contribution in [0.2, 0.25) is 5.02 Å². The zero-order chi connectivity index (χ0) is 24.9. The number of imide groups is 1. The van der Waals surface area contributed by atoms with Crippen molar-refractivity contribution < 1.29 is 23.1 Å². The number of hydrogen-bond acceptors (Lipinski definition) is 3. The van der Waals surface area contributed by atoms with E-state index in [1.165, 1.54) is 6.07 Å². The summed E-state index contributed by atoms with van der Waals surface area (Å²) in [5.74, 6) is -2.41. The molecule has 0 aromatic heterocycles. The van der Waals surface area contributed by atoms with Crippen molar-refractivity contribution in [2.75, 3.05) is 5.32 Å². The molecule has 0 bridgehead atoms. The van der Waals surface area contributed by atoms with Crippen LogP contribution in [0.1, 0.15) is 15.9 Å². The highest BCUT2D eigenvalue weighted by molar-refractivity contribution is 6.32. The number of amides is 3. The lowest BCUT2D eigenvalue weighted by Crippen LogP contribution is -2.35. The Bertz CT molecular complexity index is 1390. The Labute approximate surface area is 205 Å². The lowest BCUT2D eigenvalue weighted by atomic mass is 10.0. The minimum atomic E-state index is -1.21. The number of benzene rings is 4. The van der Waals surface area contributed by atoms with Crippen LogP contribution < -0.4 is 15.4 Å². The van der Waals surface area contributed by atoms with Gasteiger partial charge in [-0.05, 0) is 48.4 Å². The summed E-state index contributed by atoms with van der Waals surface area (Å²) in [7, 11) is 0. The van der Waals surface area contributed by atoms with E-state index in [0.29, 0.717) is 17.1 Å². The summed E-state index contributed by atoms with van der Waals surface area (Å²) in [4.78, 5) is 24.4. The molecule has 4 aromatic rings. The molecule has 0 aliphatic carbocycles. The van der Waals surface area contributed by atoms with Gasteiger partial charge < -0.3 is 10.1 Å². The van der Waals surface area contributed by atoms with Crippen LogP contribution in [0, 0.1) is 18.6 Å². The number of urea groups is 1. The lowest BCUT2D eigenvalue weighted by Gasteiger charge is -2.15. The van der Waals surface area contributed by atoms with E-state index < -0.39 is 29.1 Å². The van der Waals surface area contributed by atoms with Gasteiger partial charge in [-0.25, -0.2) is 13.6 Å². The minimum Gasteiger partial charge on any atom is -0.455 e. The average Bonchev–Trinajstić information content (AvgIpc) is 2.83. The van der Waals surface area contributed by atoms with E-state index >= 15 is 0 Å². The van der Waals surface area contributed by atoms with Crippen LogP contribution >= 0.6 is 11.6 Å². The number of halogens is 3. The Morgan fingerprint density at radius 1 is 0.829 bits per heavy atom. The smallest absolute Gasteiger partial charge is 0.326 e. The second-order valence-corrected chi connectivity index (χ2v) is 7.97. The molecule has 0 unspecified atom stereocenters. The molecule has 2 N–H and O–H groups in total. The third-order valence-corrected chi connectivity index (χ3v) is 5.43. The first-order valence-electron chi connectivity index (χ1n) is 10.5. The van der Waals surface area contributed by atoms with Gasteiger partial charge in [0.2, 0.25) is 0 Å². The van der Waals surface area contributed by atoms with Crippen LogP contribution in [0.5, 0.6) is 11.5 Å². The number of rotatable bonds is 5. The molecular weight excluding hydrogens is 474 g/mol. The Kier molecular flexibility index (Phi) is 7.08. The third kappa shape index (κ3) is 5.47. The SMILES string of the molecule is Cc1cc(Oc2ccccc2-c2ccccc2)c(Cl)cc1NC(=O)NC(=O)c1c(F)cccc1F. The van der Waals surface area contributed by atoms with Crippen LogP contribution in [0.25, 0.3) is 11.1 Å². The maximum Gasteiger partial charge on any atom is 0.326 e. The predicted octanol–water partition coefficient (Wildman–Crippen LogP) is 7.35. The minimum absolute atomic E-state index is 0.209. The Morgan fingerprint density at radius 2 is 1.49 bits per heavy atom. The van der Waals surface area contributed by atoms with E-state index in [9.17, 15) is 18.4 Å². The molecule has 35 heavy (non-hydrogen) atoms. The van der Waals surface area contributed by atoms with Crippen molar-refractivity contribution in [2.24, 2.45) is 0 Å². The molecule has 3 amide bonds. The molecule has 0 radical (unpaired) electrons. The van der Waals surface area contributed by atoms with Gasteiger partial charge in [0, 0.05) is 11.3 Å². The number of aryl methyl sites for hydroxylation is 1. The van der Waals surface area contributed by atoms with E-state index in [2.05, 4.69) is 5.32 Å². The van der Waals surface area contributed by atoms with Crippen molar-refractivity contribution >= 4 is 29.2 Å². The monoisotopic (exact) mass is 492 g/mol.